The van der Waals surface area contributed by atoms with Gasteiger partial charge in [0.2, 0.25) is 0 Å². The van der Waals surface area contributed by atoms with Gasteiger partial charge in [0, 0.05) is 0 Å². The Kier molecular flexibility index (Phi) is 2920. The molecule has 0 aliphatic carbocycles. The highest BCUT2D eigenvalue weighted by Gasteiger charge is 0.490. The van der Waals surface area contributed by atoms with Gasteiger partial charge in [-0.15, -0.1) is 0 Å². The fourth-order valence-corrected chi connectivity index (χ4v) is 0. The maximum atomic E-state index is 8.00. The SMILES string of the molecule is F.N.[NH3+][O-]. The molecule has 3 nitrogen and oxygen atoms in total. The Morgan fingerprint density at radius 3 is 1.25 bits per heavy atom. The third-order valence-electron chi connectivity index (χ3n) is 0. The third kappa shape index (κ3) is 32.9. The molecule has 0 atom stereocenters. The maximum Gasteiger partial charge on any atom is -0.269 e. The summed E-state index contributed by atoms with van der Waals surface area (Å²) >= 11 is 0. The normalized spacial score (nSPS) is 1.50. The predicted octanol–water partition coefficient (Wildman–Crippen LogP) is -0.959. The Hall–Kier alpha value is -0.190. The summed E-state index contributed by atoms with van der Waals surface area (Å²) in [5.74, 6) is 2.00. The molecule has 0 rings (SSSR count). The van der Waals surface area contributed by atoms with Gasteiger partial charge in [-0.05, 0) is 0 Å². The van der Waals surface area contributed by atoms with E-state index in [9.17, 15) is 0 Å². The zero-order chi connectivity index (χ0) is 2.00. The van der Waals surface area contributed by atoms with Crippen LogP contribution in [0.5, 0.6) is 0 Å². The second kappa shape index (κ2) is 255. The van der Waals surface area contributed by atoms with E-state index in [1.54, 1.807) is 0 Å². The summed E-state index contributed by atoms with van der Waals surface area (Å²) in [6.45, 7) is 0. The van der Waals surface area contributed by atoms with Crippen molar-refractivity contribution in [1.29, 1.82) is 0 Å². The van der Waals surface area contributed by atoms with Crippen LogP contribution >= 0.6 is 0 Å². The van der Waals surface area contributed by atoms with Crippen molar-refractivity contribution in [2.24, 2.45) is 0 Å². The molecule has 0 aromatic rings. The number of halogens is 1. The first-order valence-corrected chi connectivity index (χ1v) is 0.289. The van der Waals surface area contributed by atoms with Gasteiger partial charge in [-0.3, -0.25) is 4.70 Å². The van der Waals surface area contributed by atoms with E-state index in [2.05, 4.69) is 0 Å². The molecule has 0 aliphatic rings. The Morgan fingerprint density at radius 1 is 1.25 bits per heavy atom. The van der Waals surface area contributed by atoms with Crippen LogP contribution in [0.25, 0.3) is 0 Å². The molecule has 4 heteroatoms. The first kappa shape index (κ1) is 45.9. The topological polar surface area (TPSA) is 85.7 Å². The Balaban J connectivity index is -0.00000000500. The molecule has 0 amide bonds. The molecule has 0 saturated heterocycles. The third-order valence-corrected chi connectivity index (χ3v) is 0. The van der Waals surface area contributed by atoms with Gasteiger partial charge in [-0.1, -0.05) is 0 Å². The van der Waals surface area contributed by atoms with Gasteiger partial charge in [0.05, 0.1) is 0 Å². The van der Waals surface area contributed by atoms with E-state index >= 15 is 0 Å². The van der Waals surface area contributed by atoms with E-state index < -0.39 is 0 Å². The van der Waals surface area contributed by atoms with Crippen molar-refractivity contribution in [3.8, 4) is 0 Å². The molecule has 0 heterocycles. The highest BCUT2D eigenvalue weighted by Crippen LogP contribution is 0.450. The molecule has 4 heavy (non-hydrogen) atoms. The van der Waals surface area contributed by atoms with Crippen LogP contribution in [-0.4, -0.2) is 0 Å². The number of rotatable bonds is 0. The minimum absolute atomic E-state index is 0. The summed E-state index contributed by atoms with van der Waals surface area (Å²) in [5, 5.41) is 8.00. The fraction of sp³-hybridized carbons (Fsp3) is 0. The first-order valence-electron chi connectivity index (χ1n) is 0.289. The van der Waals surface area contributed by atoms with E-state index in [-0.39, 0.29) is 10.9 Å². The lowest BCUT2D eigenvalue weighted by Crippen LogP contribution is -2.37. The molecule has 0 aromatic carbocycles. The molecule has 0 aromatic heterocycles. The lowest BCUT2D eigenvalue weighted by atomic mass is 13.6. The first-order chi connectivity index (χ1) is 1.00. The van der Waals surface area contributed by atoms with Crippen LogP contribution < -0.4 is 12.0 Å². The molecule has 0 fully saturated rings. The van der Waals surface area contributed by atoms with E-state index in [4.69, 9.17) is 5.21 Å². The second-order valence-corrected chi connectivity index (χ2v) is 0. The monoisotopic (exact) mass is 70.1 g/mol. The average Bonchev–Trinajstić information content (AvgIpc) is 1.00. The van der Waals surface area contributed by atoms with Crippen LogP contribution in [0.3, 0.4) is 0 Å². The van der Waals surface area contributed by atoms with Gasteiger partial charge in [0.1, 0.15) is 0 Å². The van der Waals surface area contributed by atoms with Crippen molar-refractivity contribution in [1.82, 2.24) is 6.15 Å². The van der Waals surface area contributed by atoms with Crippen molar-refractivity contribution < 1.29 is 10.6 Å². The van der Waals surface area contributed by atoms with E-state index in [0.717, 1.165) is 0 Å². The van der Waals surface area contributed by atoms with Gasteiger partial charge in [0.25, 0.3) is 0 Å². The second-order valence-electron chi connectivity index (χ2n) is 0. The molecule has 0 saturated carbocycles. The summed E-state index contributed by atoms with van der Waals surface area (Å²) in [7, 11) is 0. The van der Waals surface area contributed by atoms with Crippen LogP contribution in [0.4, 0.5) is 4.70 Å². The summed E-state index contributed by atoms with van der Waals surface area (Å²) in [5.41, 5.74) is 0. The highest BCUT2D eigenvalue weighted by molar-refractivity contribution is 3.64. The van der Waals surface area contributed by atoms with Gasteiger partial charge in [0.15, 0.2) is 0 Å². The standard InChI is InChI=1S/FH.H3NO.H3N/c;1-2;/h1H;1H3;1H3. The van der Waals surface area contributed by atoms with E-state index in [1.165, 1.54) is 0 Å². The zero-order valence-corrected chi connectivity index (χ0v) is 2.23. The fourth-order valence-electron chi connectivity index (χ4n) is 0. The molecule has 0 radical (unpaired) electrons. The van der Waals surface area contributed by atoms with Gasteiger partial charge in [-0.25, -0.2) is 0 Å². The maximum absolute atomic E-state index is 8.00. The van der Waals surface area contributed by atoms with Crippen molar-refractivity contribution in [3.63, 3.8) is 0 Å². The molecule has 0 unspecified atom stereocenters. The van der Waals surface area contributed by atoms with Gasteiger partial charge in [-0.2, -0.15) is 0 Å². The van der Waals surface area contributed by atoms with Crippen LogP contribution in [0.15, 0.2) is 0 Å². The Labute approximate surface area is 23.3 Å². The minimum atomic E-state index is 0. The molecule has 6 N–H and O–H groups in total. The van der Waals surface area contributed by atoms with E-state index in [1.807, 2.05) is 5.90 Å². The Morgan fingerprint density at radius 2 is 1.25 bits per heavy atom. The minimum Gasteiger partial charge on any atom is -0.637 e. The smallest absolute Gasteiger partial charge is 0.269 e. The summed E-state index contributed by atoms with van der Waals surface area (Å²) in [6.07, 6.45) is 0. The molecule has 0 aliphatic heterocycles. The van der Waals surface area contributed by atoms with Gasteiger partial charge >= 0.3 is 0 Å². The Bertz CT molecular complexity index is 6.00. The van der Waals surface area contributed by atoms with E-state index in [0.29, 0.717) is 0 Å². The zero-order valence-electron chi connectivity index (χ0n) is 2.23. The van der Waals surface area contributed by atoms with Gasteiger partial charge < -0.3 is 17.3 Å². The van der Waals surface area contributed by atoms with Crippen molar-refractivity contribution in [2.45, 2.75) is 0 Å². The van der Waals surface area contributed by atoms with Crippen LogP contribution in [0.1, 0.15) is 0 Å². The van der Waals surface area contributed by atoms with Crippen LogP contribution in [-0.2, 0) is 0 Å². The lowest BCUT2D eigenvalue weighted by molar-refractivity contribution is -0.275. The predicted molar refractivity (Wildman–Crippen MR) is 13.8 cm³/mol. The molecular weight excluding hydrogens is 63.0 g/mol. The largest absolute Gasteiger partial charge is 0.637 e. The molecule has 30 valence electrons. The van der Waals surface area contributed by atoms with Crippen molar-refractivity contribution in [3.05, 3.63) is 5.21 Å². The highest BCUT2D eigenvalue weighted by atomic mass is 19.0. The summed E-state index contributed by atoms with van der Waals surface area (Å²) < 4.78 is 0. The van der Waals surface area contributed by atoms with Crippen LogP contribution in [0.2, 0.25) is 0 Å². The molecule has 0 spiro atoms. The quantitative estimate of drug-likeness (QED) is 0.359. The van der Waals surface area contributed by atoms with Crippen molar-refractivity contribution in [2.75, 3.05) is 0 Å². The summed E-state index contributed by atoms with van der Waals surface area (Å²) in [4.78, 5) is 0. The number of quaternary nitrogens is 1. The molecule has 0 bridgehead atoms. The summed E-state index contributed by atoms with van der Waals surface area (Å²) in [6, 6.07) is 0. The molecular formula is H7FN2O. The number of hydrogen-bond acceptors (Lipinski definition) is 2. The number of hydrogen-bond donors (Lipinski definition) is 2. The van der Waals surface area contributed by atoms with Crippen molar-refractivity contribution >= 4 is 0 Å². The lowest BCUT2D eigenvalue weighted by Gasteiger charge is -1.52. The van der Waals surface area contributed by atoms with Crippen LogP contribution in [0, 0.1) is 5.21 Å². The average molecular weight is 70.1 g/mol.